The van der Waals surface area contributed by atoms with E-state index in [-0.39, 0.29) is 6.10 Å². The van der Waals surface area contributed by atoms with Crippen molar-refractivity contribution in [2.45, 2.75) is 49.2 Å². The zero-order chi connectivity index (χ0) is 11.9. The summed E-state index contributed by atoms with van der Waals surface area (Å²) in [7, 11) is 0. The van der Waals surface area contributed by atoms with Gasteiger partial charge in [0.05, 0.1) is 10.2 Å². The summed E-state index contributed by atoms with van der Waals surface area (Å²) in [4.78, 5) is 0. The molecule has 3 rings (SSSR count). The average molecular weight is 270 g/mol. The molecular formula is C14H22OS2. The highest BCUT2D eigenvalue weighted by Crippen LogP contribution is 2.56. The monoisotopic (exact) mass is 270 g/mol. The Morgan fingerprint density at radius 1 is 1.35 bits per heavy atom. The molecule has 3 aliphatic rings. The number of hydrogen-bond acceptors (Lipinski definition) is 3. The van der Waals surface area contributed by atoms with Crippen molar-refractivity contribution in [2.75, 3.05) is 11.5 Å². The van der Waals surface area contributed by atoms with Gasteiger partial charge in [-0.1, -0.05) is 11.6 Å². The van der Waals surface area contributed by atoms with Crippen molar-refractivity contribution in [1.29, 1.82) is 0 Å². The van der Waals surface area contributed by atoms with Crippen LogP contribution in [0.1, 0.15) is 39.0 Å². The number of fused-ring (bicyclic) bond motifs is 1. The lowest BCUT2D eigenvalue weighted by Gasteiger charge is -2.48. The van der Waals surface area contributed by atoms with E-state index in [1.807, 2.05) is 0 Å². The van der Waals surface area contributed by atoms with Gasteiger partial charge in [0.15, 0.2) is 0 Å². The summed E-state index contributed by atoms with van der Waals surface area (Å²) in [5.74, 6) is 3.87. The lowest BCUT2D eigenvalue weighted by Crippen LogP contribution is -2.43. The number of hydrogen-bond donors (Lipinski definition) is 1. The van der Waals surface area contributed by atoms with Gasteiger partial charge in [-0.05, 0) is 62.4 Å². The third-order valence-electron chi connectivity index (χ3n) is 4.68. The van der Waals surface area contributed by atoms with Crippen molar-refractivity contribution in [2.24, 2.45) is 11.8 Å². The summed E-state index contributed by atoms with van der Waals surface area (Å²) in [5.41, 5.74) is 1.54. The summed E-state index contributed by atoms with van der Waals surface area (Å²) in [5, 5.41) is 10.3. The zero-order valence-corrected chi connectivity index (χ0v) is 12.2. The van der Waals surface area contributed by atoms with Crippen LogP contribution in [0.15, 0.2) is 11.6 Å². The minimum Gasteiger partial charge on any atom is -0.392 e. The van der Waals surface area contributed by atoms with E-state index >= 15 is 0 Å². The summed E-state index contributed by atoms with van der Waals surface area (Å²) in [6.45, 7) is 2.27. The van der Waals surface area contributed by atoms with Crippen molar-refractivity contribution in [3.8, 4) is 0 Å². The van der Waals surface area contributed by atoms with Crippen LogP contribution in [0.4, 0.5) is 0 Å². The average Bonchev–Trinajstić information content (AvgIpc) is 2.35. The molecule has 1 heterocycles. The van der Waals surface area contributed by atoms with E-state index in [0.29, 0.717) is 15.9 Å². The van der Waals surface area contributed by atoms with E-state index in [4.69, 9.17) is 0 Å². The fourth-order valence-electron chi connectivity index (χ4n) is 3.67. The Kier molecular flexibility index (Phi) is 3.53. The van der Waals surface area contributed by atoms with E-state index in [1.54, 1.807) is 5.57 Å². The maximum Gasteiger partial charge on any atom is 0.0615 e. The molecule has 0 aromatic heterocycles. The Morgan fingerprint density at radius 3 is 2.88 bits per heavy atom. The van der Waals surface area contributed by atoms with Crippen molar-refractivity contribution < 1.29 is 5.11 Å². The standard InChI is InChI=1S/C14H22OS2/c1-10-3-4-13(15)12-9-14(6-5-11(10)12)16-7-2-8-17-14/h3,11-13,15H,2,4-9H2,1H3/t11-,12+,13+/m0/s1. The van der Waals surface area contributed by atoms with Crippen LogP contribution in [-0.2, 0) is 0 Å². The highest BCUT2D eigenvalue weighted by Gasteiger charge is 2.46. The summed E-state index contributed by atoms with van der Waals surface area (Å²) in [6.07, 6.45) is 8.32. The third kappa shape index (κ3) is 2.31. The first-order valence-corrected chi connectivity index (χ1v) is 8.80. The largest absolute Gasteiger partial charge is 0.392 e. The molecule has 1 spiro atoms. The molecule has 0 unspecified atom stereocenters. The summed E-state index contributed by atoms with van der Waals surface area (Å²) in [6, 6.07) is 0. The van der Waals surface area contributed by atoms with Gasteiger partial charge in [0.1, 0.15) is 0 Å². The lowest BCUT2D eigenvalue weighted by atomic mass is 9.69. The number of aliphatic hydroxyl groups is 1. The van der Waals surface area contributed by atoms with Crippen molar-refractivity contribution in [3.05, 3.63) is 11.6 Å². The van der Waals surface area contributed by atoms with Gasteiger partial charge in [-0.15, -0.1) is 23.5 Å². The smallest absolute Gasteiger partial charge is 0.0615 e. The van der Waals surface area contributed by atoms with Crippen molar-refractivity contribution >= 4 is 23.5 Å². The van der Waals surface area contributed by atoms with Crippen LogP contribution in [0.3, 0.4) is 0 Å². The normalized spacial score (nSPS) is 40.8. The van der Waals surface area contributed by atoms with Crippen molar-refractivity contribution in [1.82, 2.24) is 0 Å². The molecule has 2 aliphatic carbocycles. The number of thioether (sulfide) groups is 2. The van der Waals surface area contributed by atoms with E-state index in [2.05, 4.69) is 36.5 Å². The Hall–Kier alpha value is 0.400. The van der Waals surface area contributed by atoms with Crippen LogP contribution in [0, 0.1) is 11.8 Å². The predicted molar refractivity (Wildman–Crippen MR) is 77.5 cm³/mol. The quantitative estimate of drug-likeness (QED) is 0.678. The zero-order valence-electron chi connectivity index (χ0n) is 10.5. The van der Waals surface area contributed by atoms with Crippen LogP contribution in [0.2, 0.25) is 0 Å². The minimum absolute atomic E-state index is 0.0796. The van der Waals surface area contributed by atoms with Gasteiger partial charge < -0.3 is 5.11 Å². The topological polar surface area (TPSA) is 20.2 Å². The first kappa shape index (κ1) is 12.4. The molecule has 3 atom stereocenters. The predicted octanol–water partition coefficient (Wildman–Crippen LogP) is 3.68. The molecule has 2 fully saturated rings. The Balaban J connectivity index is 1.78. The van der Waals surface area contributed by atoms with Gasteiger partial charge in [0, 0.05) is 0 Å². The molecule has 1 N–H and O–H groups in total. The van der Waals surface area contributed by atoms with E-state index in [0.717, 1.165) is 6.42 Å². The number of rotatable bonds is 0. The molecule has 0 amide bonds. The number of aliphatic hydroxyl groups excluding tert-OH is 1. The molecule has 17 heavy (non-hydrogen) atoms. The van der Waals surface area contributed by atoms with Crippen LogP contribution >= 0.6 is 23.5 Å². The molecule has 96 valence electrons. The summed E-state index contributed by atoms with van der Waals surface area (Å²) >= 11 is 4.36. The SMILES string of the molecule is CC1=CC[C@@H](O)[C@@H]2CC3(CC[C@@H]12)SCCCS3. The van der Waals surface area contributed by atoms with Gasteiger partial charge in [0.25, 0.3) is 0 Å². The molecule has 1 aliphatic heterocycles. The van der Waals surface area contributed by atoms with Crippen molar-refractivity contribution in [3.63, 3.8) is 0 Å². The minimum atomic E-state index is -0.0796. The lowest BCUT2D eigenvalue weighted by molar-refractivity contribution is 0.0513. The number of allylic oxidation sites excluding steroid dienone is 1. The maximum absolute atomic E-state index is 10.3. The Labute approximate surface area is 113 Å². The van der Waals surface area contributed by atoms with Gasteiger partial charge in [-0.2, -0.15) is 0 Å². The Morgan fingerprint density at radius 2 is 2.12 bits per heavy atom. The first-order valence-electron chi connectivity index (χ1n) is 6.83. The van der Waals surface area contributed by atoms with Gasteiger partial charge >= 0.3 is 0 Å². The third-order valence-corrected chi connectivity index (χ3v) is 8.17. The fourth-order valence-corrected chi connectivity index (χ4v) is 7.16. The van der Waals surface area contributed by atoms with Crippen LogP contribution < -0.4 is 0 Å². The van der Waals surface area contributed by atoms with Gasteiger partial charge in [-0.25, -0.2) is 0 Å². The van der Waals surface area contributed by atoms with Crippen LogP contribution in [-0.4, -0.2) is 26.8 Å². The van der Waals surface area contributed by atoms with E-state index in [9.17, 15) is 5.11 Å². The molecule has 1 saturated heterocycles. The molecule has 0 aromatic rings. The highest BCUT2D eigenvalue weighted by atomic mass is 32.2. The van der Waals surface area contributed by atoms with Gasteiger partial charge in [-0.3, -0.25) is 0 Å². The molecule has 1 saturated carbocycles. The van der Waals surface area contributed by atoms with Crippen LogP contribution in [0.5, 0.6) is 0 Å². The molecular weight excluding hydrogens is 248 g/mol. The van der Waals surface area contributed by atoms with Gasteiger partial charge in [0.2, 0.25) is 0 Å². The fraction of sp³-hybridized carbons (Fsp3) is 0.857. The Bertz CT molecular complexity index is 320. The second kappa shape index (κ2) is 4.82. The highest BCUT2D eigenvalue weighted by molar-refractivity contribution is 8.18. The molecule has 0 radical (unpaired) electrons. The second-order valence-electron chi connectivity index (χ2n) is 5.73. The summed E-state index contributed by atoms with van der Waals surface area (Å²) < 4.78 is 0.456. The van der Waals surface area contributed by atoms with Crippen LogP contribution in [0.25, 0.3) is 0 Å². The maximum atomic E-state index is 10.3. The molecule has 1 nitrogen and oxygen atoms in total. The molecule has 3 heteroatoms. The van der Waals surface area contributed by atoms with E-state index in [1.165, 1.54) is 37.2 Å². The second-order valence-corrected chi connectivity index (χ2v) is 8.94. The van der Waals surface area contributed by atoms with E-state index < -0.39 is 0 Å². The first-order chi connectivity index (χ1) is 8.20. The molecule has 0 aromatic carbocycles. The molecule has 0 bridgehead atoms.